The molecule has 0 aliphatic heterocycles. The molecule has 2 rings (SSSR count). The van der Waals surface area contributed by atoms with E-state index < -0.39 is 0 Å². The maximum atomic E-state index is 13.3. The van der Waals surface area contributed by atoms with Crippen LogP contribution in [0.1, 0.15) is 27.9 Å². The number of carbonyl (C=O) groups is 1. The fraction of sp³-hybridized carbons (Fsp3) is 0.286. The van der Waals surface area contributed by atoms with Crippen LogP contribution in [0.4, 0.5) is 4.39 Å². The molecule has 0 fully saturated rings. The quantitative estimate of drug-likeness (QED) is 0.777. The highest BCUT2D eigenvalue weighted by Crippen LogP contribution is 2.12. The smallest absolute Gasteiger partial charge is 0.163 e. The number of nitrogens with zero attached hydrogens (tertiary/aromatic N) is 2. The van der Waals surface area contributed by atoms with Crippen molar-refractivity contribution < 1.29 is 9.18 Å². The molecule has 0 N–H and O–H groups in total. The van der Waals surface area contributed by atoms with E-state index in [1.165, 1.54) is 6.07 Å². The van der Waals surface area contributed by atoms with Gasteiger partial charge in [-0.05, 0) is 30.5 Å². The van der Waals surface area contributed by atoms with Gasteiger partial charge in [0.2, 0.25) is 0 Å². The number of rotatable bonds is 4. The second kappa shape index (κ2) is 5.12. The molecule has 0 atom stereocenters. The van der Waals surface area contributed by atoms with Gasteiger partial charge in [-0.2, -0.15) is 5.10 Å². The molecular formula is C14H15FN2O. The Bertz CT molecular complexity index is 575. The molecule has 0 aliphatic carbocycles. The Morgan fingerprint density at radius 2 is 2.22 bits per heavy atom. The Balaban J connectivity index is 2.01. The second-order valence-corrected chi connectivity index (χ2v) is 4.41. The fourth-order valence-corrected chi connectivity index (χ4v) is 1.77. The van der Waals surface area contributed by atoms with Crippen molar-refractivity contribution in [2.24, 2.45) is 7.05 Å². The third kappa shape index (κ3) is 2.83. The molecule has 0 saturated carbocycles. The molecule has 0 saturated heterocycles. The van der Waals surface area contributed by atoms with E-state index in [4.69, 9.17) is 0 Å². The lowest BCUT2D eigenvalue weighted by molar-refractivity contribution is 0.0982. The number of carbonyl (C=O) groups excluding carboxylic acids is 1. The monoisotopic (exact) mass is 246 g/mol. The molecule has 0 amide bonds. The molecule has 0 aliphatic rings. The third-order valence-corrected chi connectivity index (χ3v) is 2.89. The Morgan fingerprint density at radius 3 is 2.83 bits per heavy atom. The van der Waals surface area contributed by atoms with E-state index in [9.17, 15) is 9.18 Å². The Morgan fingerprint density at radius 1 is 1.44 bits per heavy atom. The Labute approximate surface area is 105 Å². The molecule has 1 aromatic carbocycles. The minimum atomic E-state index is -0.331. The minimum Gasteiger partial charge on any atom is -0.294 e. The van der Waals surface area contributed by atoms with E-state index in [1.54, 1.807) is 29.9 Å². The average Bonchev–Trinajstić information content (AvgIpc) is 2.75. The van der Waals surface area contributed by atoms with Crippen LogP contribution < -0.4 is 0 Å². The molecule has 0 spiro atoms. The van der Waals surface area contributed by atoms with Crippen molar-refractivity contribution in [3.05, 3.63) is 53.1 Å². The fourth-order valence-electron chi connectivity index (χ4n) is 1.77. The zero-order chi connectivity index (χ0) is 13.1. The van der Waals surface area contributed by atoms with Gasteiger partial charge in [0, 0.05) is 25.2 Å². The van der Waals surface area contributed by atoms with Crippen LogP contribution in [0.5, 0.6) is 0 Å². The molecule has 0 radical (unpaired) electrons. The predicted molar refractivity (Wildman–Crippen MR) is 67.0 cm³/mol. The molecule has 2 aromatic rings. The van der Waals surface area contributed by atoms with Crippen LogP contribution in [0.15, 0.2) is 30.6 Å². The van der Waals surface area contributed by atoms with Crippen molar-refractivity contribution in [2.45, 2.75) is 19.8 Å². The molecule has 18 heavy (non-hydrogen) atoms. The standard InChI is InChI=1S/C14H15FN2O/c1-10-3-5-12(7-13(10)15)14(18)6-4-11-8-16-17(2)9-11/h3,5,7-9H,4,6H2,1-2H3. The summed E-state index contributed by atoms with van der Waals surface area (Å²) in [6, 6.07) is 4.61. The van der Waals surface area contributed by atoms with Gasteiger partial charge < -0.3 is 0 Å². The van der Waals surface area contributed by atoms with Crippen LogP contribution in [0.3, 0.4) is 0 Å². The molecule has 94 valence electrons. The molecule has 0 unspecified atom stereocenters. The summed E-state index contributed by atoms with van der Waals surface area (Å²) in [7, 11) is 1.83. The average molecular weight is 246 g/mol. The number of aromatic nitrogens is 2. The largest absolute Gasteiger partial charge is 0.294 e. The zero-order valence-corrected chi connectivity index (χ0v) is 10.5. The molecule has 3 nitrogen and oxygen atoms in total. The van der Waals surface area contributed by atoms with Crippen LogP contribution in [0.25, 0.3) is 0 Å². The van der Waals surface area contributed by atoms with Gasteiger partial charge in [0.1, 0.15) is 5.82 Å². The first-order valence-electron chi connectivity index (χ1n) is 5.83. The Kier molecular flexibility index (Phi) is 3.55. The van der Waals surface area contributed by atoms with Gasteiger partial charge in [-0.15, -0.1) is 0 Å². The van der Waals surface area contributed by atoms with E-state index in [1.807, 2.05) is 13.2 Å². The summed E-state index contributed by atoms with van der Waals surface area (Å²) in [6.07, 6.45) is 4.61. The summed E-state index contributed by atoms with van der Waals surface area (Å²) in [5, 5.41) is 4.04. The van der Waals surface area contributed by atoms with E-state index in [-0.39, 0.29) is 11.6 Å². The van der Waals surface area contributed by atoms with Crippen molar-refractivity contribution in [1.82, 2.24) is 9.78 Å². The molecular weight excluding hydrogens is 231 g/mol. The van der Waals surface area contributed by atoms with Gasteiger partial charge in [-0.3, -0.25) is 9.48 Å². The van der Waals surface area contributed by atoms with Crippen molar-refractivity contribution in [2.75, 3.05) is 0 Å². The van der Waals surface area contributed by atoms with E-state index in [0.717, 1.165) is 5.56 Å². The number of Topliss-reactive ketones (excluding diaryl/α,β-unsaturated/α-hetero) is 1. The first-order valence-corrected chi connectivity index (χ1v) is 5.83. The lowest BCUT2D eigenvalue weighted by Crippen LogP contribution is -2.02. The zero-order valence-electron chi connectivity index (χ0n) is 10.5. The lowest BCUT2D eigenvalue weighted by Gasteiger charge is -2.02. The van der Waals surface area contributed by atoms with Gasteiger partial charge in [0.15, 0.2) is 5.78 Å². The van der Waals surface area contributed by atoms with Crippen molar-refractivity contribution in [1.29, 1.82) is 0 Å². The van der Waals surface area contributed by atoms with Crippen molar-refractivity contribution in [3.63, 3.8) is 0 Å². The number of benzene rings is 1. The summed E-state index contributed by atoms with van der Waals surface area (Å²) in [4.78, 5) is 11.9. The summed E-state index contributed by atoms with van der Waals surface area (Å²) >= 11 is 0. The maximum absolute atomic E-state index is 13.3. The van der Waals surface area contributed by atoms with Gasteiger partial charge >= 0.3 is 0 Å². The number of halogens is 1. The van der Waals surface area contributed by atoms with Gasteiger partial charge in [-0.1, -0.05) is 12.1 Å². The topological polar surface area (TPSA) is 34.9 Å². The number of ketones is 1. The summed E-state index contributed by atoms with van der Waals surface area (Å²) in [6.45, 7) is 1.68. The van der Waals surface area contributed by atoms with Crippen molar-refractivity contribution in [3.8, 4) is 0 Å². The van der Waals surface area contributed by atoms with E-state index in [2.05, 4.69) is 5.10 Å². The van der Waals surface area contributed by atoms with Crippen LogP contribution >= 0.6 is 0 Å². The minimum absolute atomic E-state index is 0.0437. The van der Waals surface area contributed by atoms with Crippen LogP contribution in [-0.4, -0.2) is 15.6 Å². The van der Waals surface area contributed by atoms with Crippen LogP contribution in [0.2, 0.25) is 0 Å². The summed E-state index contributed by atoms with van der Waals surface area (Å²) in [5.41, 5.74) is 2.00. The first-order chi connectivity index (χ1) is 8.56. The second-order valence-electron chi connectivity index (χ2n) is 4.41. The summed E-state index contributed by atoms with van der Waals surface area (Å²) < 4.78 is 15.0. The highest BCUT2D eigenvalue weighted by atomic mass is 19.1. The molecule has 1 aromatic heterocycles. The molecule has 0 bridgehead atoms. The third-order valence-electron chi connectivity index (χ3n) is 2.89. The normalized spacial score (nSPS) is 10.6. The van der Waals surface area contributed by atoms with Crippen LogP contribution in [0, 0.1) is 12.7 Å². The predicted octanol–water partition coefficient (Wildman–Crippen LogP) is 2.68. The van der Waals surface area contributed by atoms with Gasteiger partial charge in [-0.25, -0.2) is 4.39 Å². The van der Waals surface area contributed by atoms with Gasteiger partial charge in [0.25, 0.3) is 0 Å². The van der Waals surface area contributed by atoms with Crippen molar-refractivity contribution >= 4 is 5.78 Å². The SMILES string of the molecule is Cc1ccc(C(=O)CCc2cnn(C)c2)cc1F. The molecule has 1 heterocycles. The van der Waals surface area contributed by atoms with Gasteiger partial charge in [0.05, 0.1) is 6.20 Å². The number of hydrogen-bond donors (Lipinski definition) is 0. The maximum Gasteiger partial charge on any atom is 0.163 e. The first kappa shape index (κ1) is 12.5. The number of aryl methyl sites for hydroxylation is 3. The highest BCUT2D eigenvalue weighted by molar-refractivity contribution is 5.96. The van der Waals surface area contributed by atoms with E-state index in [0.29, 0.717) is 24.0 Å². The lowest BCUT2D eigenvalue weighted by atomic mass is 10.0. The Hall–Kier alpha value is -1.97. The summed E-state index contributed by atoms with van der Waals surface area (Å²) in [5.74, 6) is -0.375. The molecule has 4 heteroatoms. The highest BCUT2D eigenvalue weighted by Gasteiger charge is 2.09. The number of hydrogen-bond acceptors (Lipinski definition) is 2. The van der Waals surface area contributed by atoms with Crippen LogP contribution in [-0.2, 0) is 13.5 Å². The van der Waals surface area contributed by atoms with E-state index >= 15 is 0 Å².